The second-order valence-electron chi connectivity index (χ2n) is 3.96. The summed E-state index contributed by atoms with van der Waals surface area (Å²) >= 11 is 1.14. The maximum absolute atomic E-state index is 13.6. The van der Waals surface area contributed by atoms with Gasteiger partial charge in [0.15, 0.2) is 0 Å². The molecule has 1 N–H and O–H groups in total. The quantitative estimate of drug-likeness (QED) is 0.932. The lowest BCUT2D eigenvalue weighted by atomic mass is 10.2. The number of aliphatic hydroxyl groups excluding tert-OH is 1. The first-order chi connectivity index (χ1) is 9.13. The van der Waals surface area contributed by atoms with E-state index in [1.54, 1.807) is 25.2 Å². The Bertz CT molecular complexity index is 586. The Labute approximate surface area is 114 Å². The van der Waals surface area contributed by atoms with E-state index in [9.17, 15) is 9.18 Å². The molecule has 100 valence electrons. The Balaban J connectivity index is 2.25. The van der Waals surface area contributed by atoms with Crippen LogP contribution in [0.15, 0.2) is 30.5 Å². The topological polar surface area (TPSA) is 53.4 Å². The summed E-state index contributed by atoms with van der Waals surface area (Å²) in [7, 11) is 1.60. The van der Waals surface area contributed by atoms with Crippen molar-refractivity contribution in [2.45, 2.75) is 0 Å². The van der Waals surface area contributed by atoms with E-state index in [1.165, 1.54) is 17.2 Å². The Morgan fingerprint density at radius 1 is 1.47 bits per heavy atom. The third kappa shape index (κ3) is 2.97. The van der Waals surface area contributed by atoms with Crippen molar-refractivity contribution in [1.82, 2.24) is 9.88 Å². The van der Waals surface area contributed by atoms with Crippen LogP contribution in [-0.4, -0.2) is 41.1 Å². The van der Waals surface area contributed by atoms with Gasteiger partial charge in [-0.1, -0.05) is 12.1 Å². The summed E-state index contributed by atoms with van der Waals surface area (Å²) in [5.74, 6) is -0.589. The monoisotopic (exact) mass is 280 g/mol. The molecule has 0 aliphatic heterocycles. The Hall–Kier alpha value is -1.79. The molecule has 0 bridgehead atoms. The first kappa shape index (κ1) is 13.6. The average molecular weight is 280 g/mol. The number of benzene rings is 1. The van der Waals surface area contributed by atoms with Crippen molar-refractivity contribution < 1.29 is 14.3 Å². The second-order valence-corrected chi connectivity index (χ2v) is 4.99. The molecule has 1 heterocycles. The maximum Gasteiger partial charge on any atom is 0.265 e. The molecule has 0 saturated carbocycles. The number of carbonyl (C=O) groups is 1. The number of aromatic nitrogens is 1. The zero-order valence-corrected chi connectivity index (χ0v) is 11.2. The van der Waals surface area contributed by atoms with Crippen LogP contribution in [-0.2, 0) is 0 Å². The molecule has 0 radical (unpaired) electrons. The molecule has 2 rings (SSSR count). The number of carbonyl (C=O) groups excluding carboxylic acids is 1. The number of likely N-dealkylation sites (N-methyl/N-ethyl adjacent to an activating group) is 1. The first-order valence-electron chi connectivity index (χ1n) is 5.70. The fourth-order valence-electron chi connectivity index (χ4n) is 1.57. The smallest absolute Gasteiger partial charge is 0.265 e. The zero-order chi connectivity index (χ0) is 13.8. The van der Waals surface area contributed by atoms with Crippen LogP contribution in [0.25, 0.3) is 10.6 Å². The van der Waals surface area contributed by atoms with Crippen LogP contribution in [0.3, 0.4) is 0 Å². The molecule has 1 amide bonds. The minimum atomic E-state index is -0.362. The minimum Gasteiger partial charge on any atom is -0.395 e. The second kappa shape index (κ2) is 5.90. The summed E-state index contributed by atoms with van der Waals surface area (Å²) in [5.41, 5.74) is 0.386. The molecule has 4 nitrogen and oxygen atoms in total. The van der Waals surface area contributed by atoms with Crippen molar-refractivity contribution in [3.63, 3.8) is 0 Å². The van der Waals surface area contributed by atoms with E-state index in [0.29, 0.717) is 15.4 Å². The number of hydrogen-bond donors (Lipinski definition) is 1. The predicted molar refractivity (Wildman–Crippen MR) is 71.6 cm³/mol. The van der Waals surface area contributed by atoms with Crippen molar-refractivity contribution in [1.29, 1.82) is 0 Å². The molecule has 0 spiro atoms. The Morgan fingerprint density at radius 3 is 2.89 bits per heavy atom. The highest BCUT2D eigenvalue weighted by Crippen LogP contribution is 2.27. The molecule has 0 fully saturated rings. The molecule has 6 heteroatoms. The maximum atomic E-state index is 13.6. The summed E-state index contributed by atoms with van der Waals surface area (Å²) in [6.07, 6.45) is 1.43. The van der Waals surface area contributed by atoms with Crippen LogP contribution < -0.4 is 0 Å². The lowest BCUT2D eigenvalue weighted by Gasteiger charge is -2.13. The number of nitrogens with zero attached hydrogens (tertiary/aromatic N) is 2. The highest BCUT2D eigenvalue weighted by atomic mass is 32.1. The van der Waals surface area contributed by atoms with Crippen LogP contribution >= 0.6 is 11.3 Å². The van der Waals surface area contributed by atoms with Gasteiger partial charge in [0, 0.05) is 19.2 Å². The Morgan fingerprint density at radius 2 is 2.21 bits per heavy atom. The van der Waals surface area contributed by atoms with Crippen LogP contribution in [0.4, 0.5) is 4.39 Å². The van der Waals surface area contributed by atoms with E-state index in [0.717, 1.165) is 11.3 Å². The number of aliphatic hydroxyl groups is 1. The first-order valence-corrected chi connectivity index (χ1v) is 6.52. The van der Waals surface area contributed by atoms with Crippen molar-refractivity contribution in [2.24, 2.45) is 0 Å². The van der Waals surface area contributed by atoms with Gasteiger partial charge in [0.25, 0.3) is 5.91 Å². The van der Waals surface area contributed by atoms with Gasteiger partial charge in [-0.05, 0) is 12.1 Å². The molecule has 0 saturated heterocycles. The zero-order valence-electron chi connectivity index (χ0n) is 10.3. The molecule has 0 aliphatic carbocycles. The lowest BCUT2D eigenvalue weighted by molar-refractivity contribution is 0.0771. The summed E-state index contributed by atoms with van der Waals surface area (Å²) in [6, 6.07) is 6.31. The molecular formula is C13H13FN2O2S. The highest BCUT2D eigenvalue weighted by molar-refractivity contribution is 7.16. The number of thiazole rings is 1. The lowest BCUT2D eigenvalue weighted by Crippen LogP contribution is -2.28. The molecule has 0 aliphatic rings. The van der Waals surface area contributed by atoms with E-state index >= 15 is 0 Å². The van der Waals surface area contributed by atoms with Crippen molar-refractivity contribution >= 4 is 17.2 Å². The summed E-state index contributed by atoms with van der Waals surface area (Å²) in [6.45, 7) is 0.160. The van der Waals surface area contributed by atoms with E-state index in [1.807, 2.05) is 0 Å². The fraction of sp³-hybridized carbons (Fsp3) is 0.231. The van der Waals surface area contributed by atoms with Gasteiger partial charge in [0.05, 0.1) is 12.8 Å². The van der Waals surface area contributed by atoms with Crippen LogP contribution in [0, 0.1) is 5.82 Å². The van der Waals surface area contributed by atoms with Crippen molar-refractivity contribution in [3.8, 4) is 10.6 Å². The van der Waals surface area contributed by atoms with Crippen molar-refractivity contribution in [2.75, 3.05) is 20.2 Å². The number of amides is 1. The Kier molecular flexibility index (Phi) is 4.24. The third-order valence-electron chi connectivity index (χ3n) is 2.60. The van der Waals surface area contributed by atoms with Gasteiger partial charge in [0.2, 0.25) is 0 Å². The molecule has 0 unspecified atom stereocenters. The molecule has 1 aromatic heterocycles. The van der Waals surface area contributed by atoms with E-state index in [-0.39, 0.29) is 24.9 Å². The van der Waals surface area contributed by atoms with Gasteiger partial charge in [-0.3, -0.25) is 4.79 Å². The highest BCUT2D eigenvalue weighted by Gasteiger charge is 2.16. The largest absolute Gasteiger partial charge is 0.395 e. The van der Waals surface area contributed by atoms with Gasteiger partial charge in [-0.2, -0.15) is 0 Å². The van der Waals surface area contributed by atoms with Gasteiger partial charge in [-0.15, -0.1) is 11.3 Å². The molecule has 1 aromatic carbocycles. The molecule has 0 atom stereocenters. The van der Waals surface area contributed by atoms with E-state index < -0.39 is 0 Å². The van der Waals surface area contributed by atoms with Crippen LogP contribution in [0.1, 0.15) is 9.67 Å². The van der Waals surface area contributed by atoms with Gasteiger partial charge in [0.1, 0.15) is 15.7 Å². The summed E-state index contributed by atoms with van der Waals surface area (Å²) in [4.78, 5) is 17.9. The molecular weight excluding hydrogens is 267 g/mol. The summed E-state index contributed by atoms with van der Waals surface area (Å²) in [5, 5.41) is 9.27. The van der Waals surface area contributed by atoms with E-state index in [2.05, 4.69) is 4.98 Å². The van der Waals surface area contributed by atoms with Gasteiger partial charge < -0.3 is 10.0 Å². The molecule has 19 heavy (non-hydrogen) atoms. The predicted octanol–water partition coefficient (Wildman–Crippen LogP) is 2.01. The standard InChI is InChI=1S/C13H13FN2O2S/c1-16(6-7-17)13(18)11-8-15-12(19-11)9-4-2-3-5-10(9)14/h2-5,8,17H,6-7H2,1H3. The average Bonchev–Trinajstić information content (AvgIpc) is 2.88. The van der Waals surface area contributed by atoms with Crippen LogP contribution in [0.5, 0.6) is 0 Å². The fourth-order valence-corrected chi connectivity index (χ4v) is 2.51. The number of rotatable bonds is 4. The molecule has 2 aromatic rings. The van der Waals surface area contributed by atoms with Gasteiger partial charge in [-0.25, -0.2) is 9.37 Å². The normalized spacial score (nSPS) is 10.5. The number of halogens is 1. The SMILES string of the molecule is CN(CCO)C(=O)c1cnc(-c2ccccc2F)s1. The van der Waals surface area contributed by atoms with E-state index in [4.69, 9.17) is 5.11 Å². The minimum absolute atomic E-state index is 0.0960. The third-order valence-corrected chi connectivity index (χ3v) is 3.62. The van der Waals surface area contributed by atoms with Crippen LogP contribution in [0.2, 0.25) is 0 Å². The summed E-state index contributed by atoms with van der Waals surface area (Å²) < 4.78 is 13.6. The number of hydrogen-bond acceptors (Lipinski definition) is 4. The van der Waals surface area contributed by atoms with Gasteiger partial charge >= 0.3 is 0 Å². The van der Waals surface area contributed by atoms with Crippen molar-refractivity contribution in [3.05, 3.63) is 41.2 Å².